The number of phenols is 1. The largest absolute Gasteiger partial charge is 0.508 e. The van der Waals surface area contributed by atoms with Crippen LogP contribution in [-0.2, 0) is 0 Å². The summed E-state index contributed by atoms with van der Waals surface area (Å²) >= 11 is 0. The second-order valence-electron chi connectivity index (χ2n) is 5.01. The van der Waals surface area contributed by atoms with E-state index in [1.807, 2.05) is 18.2 Å². The van der Waals surface area contributed by atoms with Crippen LogP contribution in [-0.4, -0.2) is 18.3 Å². The zero-order valence-corrected chi connectivity index (χ0v) is 10.8. The summed E-state index contributed by atoms with van der Waals surface area (Å²) in [7, 11) is 1.68. The van der Waals surface area contributed by atoms with Crippen molar-refractivity contribution in [2.75, 3.05) is 7.11 Å². The SMILES string of the molecule is COc1cc(-c2cccc(O)c2)ccc1[C@H]1C[C@@H]1N. The van der Waals surface area contributed by atoms with E-state index < -0.39 is 0 Å². The Balaban J connectivity index is 2.00. The van der Waals surface area contributed by atoms with Crippen molar-refractivity contribution in [2.24, 2.45) is 5.73 Å². The lowest BCUT2D eigenvalue weighted by Gasteiger charge is -2.11. The van der Waals surface area contributed by atoms with Crippen LogP contribution in [0.5, 0.6) is 11.5 Å². The van der Waals surface area contributed by atoms with Crippen LogP contribution >= 0.6 is 0 Å². The Morgan fingerprint density at radius 3 is 2.53 bits per heavy atom. The van der Waals surface area contributed by atoms with E-state index in [2.05, 4.69) is 12.1 Å². The number of hydrogen-bond donors (Lipinski definition) is 2. The fourth-order valence-corrected chi connectivity index (χ4v) is 2.45. The van der Waals surface area contributed by atoms with Gasteiger partial charge in [0.15, 0.2) is 0 Å². The molecule has 3 N–H and O–H groups in total. The van der Waals surface area contributed by atoms with E-state index in [-0.39, 0.29) is 11.8 Å². The van der Waals surface area contributed by atoms with E-state index in [1.54, 1.807) is 19.2 Å². The molecular formula is C16H17NO2. The zero-order chi connectivity index (χ0) is 13.4. The van der Waals surface area contributed by atoms with E-state index >= 15 is 0 Å². The molecule has 1 fully saturated rings. The van der Waals surface area contributed by atoms with Gasteiger partial charge in [0, 0.05) is 12.0 Å². The second kappa shape index (κ2) is 4.59. The number of phenolic OH excluding ortho intramolecular Hbond substituents is 1. The molecule has 0 amide bonds. The molecule has 2 atom stereocenters. The van der Waals surface area contributed by atoms with Gasteiger partial charge in [-0.15, -0.1) is 0 Å². The number of hydrogen-bond acceptors (Lipinski definition) is 3. The standard InChI is InChI=1S/C16H17NO2/c1-19-16-8-11(10-3-2-4-12(18)7-10)5-6-13(16)14-9-15(14)17/h2-8,14-15,18H,9,17H2,1H3/t14-,15+/m1/s1. The van der Waals surface area contributed by atoms with Crippen LogP contribution in [0.25, 0.3) is 11.1 Å². The Morgan fingerprint density at radius 1 is 1.16 bits per heavy atom. The molecule has 19 heavy (non-hydrogen) atoms. The number of rotatable bonds is 3. The monoisotopic (exact) mass is 255 g/mol. The van der Waals surface area contributed by atoms with Crippen LogP contribution in [0.2, 0.25) is 0 Å². The summed E-state index contributed by atoms with van der Waals surface area (Å²) in [5, 5.41) is 9.54. The average Bonchev–Trinajstić information content (AvgIpc) is 3.15. The number of methoxy groups -OCH3 is 1. The Morgan fingerprint density at radius 2 is 1.89 bits per heavy atom. The van der Waals surface area contributed by atoms with Crippen LogP contribution in [0.1, 0.15) is 17.9 Å². The fourth-order valence-electron chi connectivity index (χ4n) is 2.45. The third-order valence-corrected chi connectivity index (χ3v) is 3.65. The lowest BCUT2D eigenvalue weighted by Crippen LogP contribution is -2.02. The van der Waals surface area contributed by atoms with E-state index in [0.717, 1.165) is 23.3 Å². The summed E-state index contributed by atoms with van der Waals surface area (Å²) in [4.78, 5) is 0. The van der Waals surface area contributed by atoms with Crippen LogP contribution in [0.4, 0.5) is 0 Å². The van der Waals surface area contributed by atoms with Gasteiger partial charge >= 0.3 is 0 Å². The first-order chi connectivity index (χ1) is 9.19. The fraction of sp³-hybridized carbons (Fsp3) is 0.250. The Bertz CT molecular complexity index is 609. The highest BCUT2D eigenvalue weighted by atomic mass is 16.5. The van der Waals surface area contributed by atoms with E-state index in [0.29, 0.717) is 5.92 Å². The lowest BCUT2D eigenvalue weighted by atomic mass is 10.0. The molecule has 0 bridgehead atoms. The Kier molecular flexibility index (Phi) is 2.91. The third-order valence-electron chi connectivity index (χ3n) is 3.65. The molecule has 0 aliphatic heterocycles. The zero-order valence-electron chi connectivity index (χ0n) is 10.8. The molecule has 2 aromatic carbocycles. The molecule has 3 heteroatoms. The minimum Gasteiger partial charge on any atom is -0.508 e. The molecule has 0 radical (unpaired) electrons. The van der Waals surface area contributed by atoms with E-state index in [1.165, 1.54) is 5.56 Å². The first-order valence-corrected chi connectivity index (χ1v) is 6.42. The molecule has 1 aliphatic carbocycles. The third kappa shape index (κ3) is 2.29. The molecule has 3 rings (SSSR count). The summed E-state index contributed by atoms with van der Waals surface area (Å²) in [5.74, 6) is 1.57. The van der Waals surface area contributed by atoms with Crippen molar-refractivity contribution < 1.29 is 9.84 Å². The predicted molar refractivity (Wildman–Crippen MR) is 75.4 cm³/mol. The molecule has 98 valence electrons. The number of nitrogens with two attached hydrogens (primary N) is 1. The van der Waals surface area contributed by atoms with Crippen LogP contribution in [0, 0.1) is 0 Å². The van der Waals surface area contributed by atoms with Crippen LogP contribution in [0.3, 0.4) is 0 Å². The minimum absolute atomic E-state index is 0.264. The Labute approximate surface area is 112 Å². The topological polar surface area (TPSA) is 55.5 Å². The highest BCUT2D eigenvalue weighted by molar-refractivity contribution is 5.68. The van der Waals surface area contributed by atoms with Crippen molar-refractivity contribution in [3.8, 4) is 22.6 Å². The van der Waals surface area contributed by atoms with Gasteiger partial charge < -0.3 is 15.6 Å². The van der Waals surface area contributed by atoms with Crippen molar-refractivity contribution in [2.45, 2.75) is 18.4 Å². The van der Waals surface area contributed by atoms with Gasteiger partial charge in [0.2, 0.25) is 0 Å². The maximum atomic E-state index is 9.54. The average molecular weight is 255 g/mol. The molecule has 1 saturated carbocycles. The molecule has 0 unspecified atom stereocenters. The molecule has 0 aromatic heterocycles. The molecule has 2 aromatic rings. The Hall–Kier alpha value is -2.00. The maximum Gasteiger partial charge on any atom is 0.123 e. The summed E-state index contributed by atoms with van der Waals surface area (Å²) in [6.45, 7) is 0. The molecule has 1 aliphatic rings. The van der Waals surface area contributed by atoms with Gasteiger partial charge in [0.1, 0.15) is 11.5 Å². The smallest absolute Gasteiger partial charge is 0.123 e. The summed E-state index contributed by atoms with van der Waals surface area (Å²) in [6.07, 6.45) is 1.03. The van der Waals surface area contributed by atoms with Crippen molar-refractivity contribution in [3.63, 3.8) is 0 Å². The van der Waals surface area contributed by atoms with Crippen molar-refractivity contribution in [1.82, 2.24) is 0 Å². The van der Waals surface area contributed by atoms with Gasteiger partial charge in [-0.25, -0.2) is 0 Å². The molecule has 0 spiro atoms. The van der Waals surface area contributed by atoms with Crippen molar-refractivity contribution >= 4 is 0 Å². The van der Waals surface area contributed by atoms with Crippen molar-refractivity contribution in [1.29, 1.82) is 0 Å². The van der Waals surface area contributed by atoms with E-state index in [4.69, 9.17) is 10.5 Å². The summed E-state index contributed by atoms with van der Waals surface area (Å²) < 4.78 is 5.47. The first kappa shape index (κ1) is 12.1. The highest BCUT2D eigenvalue weighted by Crippen LogP contribution is 2.44. The molecule has 0 saturated heterocycles. The first-order valence-electron chi connectivity index (χ1n) is 6.42. The molecule has 0 heterocycles. The molecular weight excluding hydrogens is 238 g/mol. The highest BCUT2D eigenvalue weighted by Gasteiger charge is 2.36. The normalized spacial score (nSPS) is 21.2. The van der Waals surface area contributed by atoms with Crippen molar-refractivity contribution in [3.05, 3.63) is 48.0 Å². The number of aromatic hydroxyl groups is 1. The van der Waals surface area contributed by atoms with Gasteiger partial charge in [-0.05, 0) is 41.3 Å². The number of benzene rings is 2. The number of ether oxygens (including phenoxy) is 1. The van der Waals surface area contributed by atoms with Gasteiger partial charge in [0.25, 0.3) is 0 Å². The lowest BCUT2D eigenvalue weighted by molar-refractivity contribution is 0.409. The quantitative estimate of drug-likeness (QED) is 0.886. The van der Waals surface area contributed by atoms with Gasteiger partial charge in [-0.3, -0.25) is 0 Å². The van der Waals surface area contributed by atoms with Gasteiger partial charge in [-0.2, -0.15) is 0 Å². The predicted octanol–water partition coefficient (Wildman–Crippen LogP) is 2.88. The molecule has 3 nitrogen and oxygen atoms in total. The van der Waals surface area contributed by atoms with Crippen LogP contribution in [0.15, 0.2) is 42.5 Å². The minimum atomic E-state index is 0.264. The maximum absolute atomic E-state index is 9.54. The van der Waals surface area contributed by atoms with Gasteiger partial charge in [-0.1, -0.05) is 24.3 Å². The summed E-state index contributed by atoms with van der Waals surface area (Å²) in [6, 6.07) is 13.6. The van der Waals surface area contributed by atoms with E-state index in [9.17, 15) is 5.11 Å². The van der Waals surface area contributed by atoms with Gasteiger partial charge in [0.05, 0.1) is 7.11 Å². The summed E-state index contributed by atoms with van der Waals surface area (Å²) in [5.41, 5.74) is 9.09. The second-order valence-corrected chi connectivity index (χ2v) is 5.01. The van der Waals surface area contributed by atoms with Crippen LogP contribution < -0.4 is 10.5 Å².